The van der Waals surface area contributed by atoms with Gasteiger partial charge in [-0.1, -0.05) is 18.2 Å². The molecule has 1 unspecified atom stereocenters. The number of hydrogen-bond acceptors (Lipinski definition) is 5. The molecule has 2 bridgehead atoms. The van der Waals surface area contributed by atoms with E-state index in [9.17, 15) is 9.59 Å². The molecule has 8 heteroatoms. The number of amides is 3. The molecule has 2 aliphatic rings. The minimum atomic E-state index is -0.256. The number of piperazine rings is 1. The van der Waals surface area contributed by atoms with E-state index in [1.807, 2.05) is 35.2 Å². The number of carbonyl (C=O) groups excluding carboxylic acids is 2. The van der Waals surface area contributed by atoms with Crippen molar-refractivity contribution in [3.63, 3.8) is 0 Å². The fourth-order valence-electron chi connectivity index (χ4n) is 4.02. The van der Waals surface area contributed by atoms with Crippen LogP contribution in [0.3, 0.4) is 0 Å². The monoisotopic (exact) mass is 398 g/mol. The van der Waals surface area contributed by atoms with Gasteiger partial charge in [0.1, 0.15) is 12.4 Å². The Balaban J connectivity index is 1.35. The maximum absolute atomic E-state index is 12.8. The normalized spacial score (nSPS) is 23.1. The quantitative estimate of drug-likeness (QED) is 0.779. The summed E-state index contributed by atoms with van der Waals surface area (Å²) in [7, 11) is 1.58. The zero-order valence-electron chi connectivity index (χ0n) is 16.5. The number of nitrogens with zero attached hydrogens (tertiary/aromatic N) is 2. The van der Waals surface area contributed by atoms with Gasteiger partial charge in [-0.15, -0.1) is 0 Å². The van der Waals surface area contributed by atoms with Crippen LogP contribution >= 0.6 is 0 Å². The van der Waals surface area contributed by atoms with Gasteiger partial charge in [-0.3, -0.25) is 9.69 Å². The van der Waals surface area contributed by atoms with Gasteiger partial charge in [0.05, 0.1) is 0 Å². The second-order valence-electron chi connectivity index (χ2n) is 7.45. The van der Waals surface area contributed by atoms with Crippen LogP contribution in [0.25, 0.3) is 0 Å². The molecule has 2 saturated heterocycles. The summed E-state index contributed by atoms with van der Waals surface area (Å²) in [5.74, 6) is 0.626. The highest BCUT2D eigenvalue weighted by atomic mass is 16.5. The smallest absolute Gasteiger partial charge is 0.322 e. The molecule has 8 nitrogen and oxygen atoms in total. The van der Waals surface area contributed by atoms with Gasteiger partial charge in [-0.25, -0.2) is 4.79 Å². The summed E-state index contributed by atoms with van der Waals surface area (Å²) in [6.45, 7) is 3.13. The SMILES string of the molecule is COCc1ccc(C(=O)NC[C@H]2CN(C(=O)Nc3ccccc3)[C@H]3CCN2C3)o1. The summed E-state index contributed by atoms with van der Waals surface area (Å²) in [5, 5.41) is 5.92. The molecule has 2 aliphatic heterocycles. The molecule has 2 aromatic rings. The number of methoxy groups -OCH3 is 1. The number of nitrogens with one attached hydrogen (secondary N) is 2. The number of urea groups is 1. The minimum Gasteiger partial charge on any atom is -0.453 e. The molecular formula is C21H26N4O4. The molecule has 1 aromatic heterocycles. The van der Waals surface area contributed by atoms with Crippen LogP contribution in [-0.4, -0.2) is 67.1 Å². The summed E-state index contributed by atoms with van der Waals surface area (Å²) < 4.78 is 10.5. The van der Waals surface area contributed by atoms with Crippen LogP contribution in [0.5, 0.6) is 0 Å². The molecule has 2 fully saturated rings. The van der Waals surface area contributed by atoms with Crippen molar-refractivity contribution < 1.29 is 18.7 Å². The highest BCUT2D eigenvalue weighted by Gasteiger charge is 2.40. The highest BCUT2D eigenvalue weighted by molar-refractivity contribution is 5.91. The van der Waals surface area contributed by atoms with Crippen molar-refractivity contribution in [2.45, 2.75) is 25.1 Å². The summed E-state index contributed by atoms with van der Waals surface area (Å²) in [5.41, 5.74) is 0.785. The largest absolute Gasteiger partial charge is 0.453 e. The van der Waals surface area contributed by atoms with E-state index >= 15 is 0 Å². The number of para-hydroxylation sites is 1. The number of rotatable bonds is 6. The molecule has 2 N–H and O–H groups in total. The second-order valence-corrected chi connectivity index (χ2v) is 7.45. The Morgan fingerprint density at radius 1 is 1.17 bits per heavy atom. The molecule has 0 aliphatic carbocycles. The van der Waals surface area contributed by atoms with Gasteiger partial charge in [0.25, 0.3) is 5.91 Å². The van der Waals surface area contributed by atoms with E-state index in [2.05, 4.69) is 15.5 Å². The molecule has 0 radical (unpaired) electrons. The summed E-state index contributed by atoms with van der Waals surface area (Å²) >= 11 is 0. The molecular weight excluding hydrogens is 372 g/mol. The lowest BCUT2D eigenvalue weighted by molar-refractivity contribution is 0.0853. The first kappa shape index (κ1) is 19.5. The van der Waals surface area contributed by atoms with Crippen molar-refractivity contribution in [3.8, 4) is 0 Å². The van der Waals surface area contributed by atoms with Gasteiger partial charge in [0, 0.05) is 51.1 Å². The Hall–Kier alpha value is -2.84. The van der Waals surface area contributed by atoms with E-state index in [4.69, 9.17) is 9.15 Å². The Morgan fingerprint density at radius 2 is 2.00 bits per heavy atom. The Bertz CT molecular complexity index is 853. The average Bonchev–Trinajstić information content (AvgIpc) is 3.36. The van der Waals surface area contributed by atoms with Crippen LogP contribution in [0.1, 0.15) is 22.7 Å². The van der Waals surface area contributed by atoms with Gasteiger partial charge >= 0.3 is 6.03 Å². The molecule has 3 atom stereocenters. The van der Waals surface area contributed by atoms with Gasteiger partial charge in [-0.2, -0.15) is 0 Å². The lowest BCUT2D eigenvalue weighted by Crippen LogP contribution is -2.58. The maximum atomic E-state index is 12.8. The average molecular weight is 398 g/mol. The van der Waals surface area contributed by atoms with E-state index < -0.39 is 0 Å². The Morgan fingerprint density at radius 3 is 2.79 bits per heavy atom. The van der Waals surface area contributed by atoms with Gasteiger partial charge in [-0.05, 0) is 30.7 Å². The van der Waals surface area contributed by atoms with Crippen LogP contribution in [0, 0.1) is 0 Å². The van der Waals surface area contributed by atoms with Gasteiger partial charge < -0.3 is 24.7 Å². The van der Waals surface area contributed by atoms with Crippen molar-refractivity contribution >= 4 is 17.6 Å². The number of furan rings is 1. The van der Waals surface area contributed by atoms with E-state index in [0.29, 0.717) is 25.5 Å². The minimum absolute atomic E-state index is 0.0765. The fourth-order valence-corrected chi connectivity index (χ4v) is 4.02. The first-order valence-electron chi connectivity index (χ1n) is 9.86. The van der Waals surface area contributed by atoms with Crippen molar-refractivity contribution in [2.24, 2.45) is 0 Å². The number of carbonyl (C=O) groups is 2. The van der Waals surface area contributed by atoms with Crippen molar-refractivity contribution in [1.82, 2.24) is 15.1 Å². The van der Waals surface area contributed by atoms with Crippen LogP contribution in [-0.2, 0) is 11.3 Å². The molecule has 4 rings (SSSR count). The van der Waals surface area contributed by atoms with Crippen molar-refractivity contribution in [1.29, 1.82) is 0 Å². The zero-order chi connectivity index (χ0) is 20.2. The third-order valence-electron chi connectivity index (χ3n) is 5.52. The predicted octanol–water partition coefficient (Wildman–Crippen LogP) is 2.15. The Labute approximate surface area is 169 Å². The van der Waals surface area contributed by atoms with Crippen LogP contribution in [0.2, 0.25) is 0 Å². The van der Waals surface area contributed by atoms with E-state index in [-0.39, 0.29) is 29.8 Å². The molecule has 29 heavy (non-hydrogen) atoms. The second kappa shape index (κ2) is 8.67. The number of benzene rings is 1. The number of hydrogen-bond donors (Lipinski definition) is 2. The number of fused-ring (bicyclic) bond motifs is 2. The van der Waals surface area contributed by atoms with E-state index in [1.54, 1.807) is 19.2 Å². The number of ether oxygens (including phenoxy) is 1. The lowest BCUT2D eigenvalue weighted by atomic mass is 10.1. The summed E-state index contributed by atoms with van der Waals surface area (Å²) in [4.78, 5) is 29.5. The lowest BCUT2D eigenvalue weighted by Gasteiger charge is -2.40. The van der Waals surface area contributed by atoms with Crippen LogP contribution in [0.15, 0.2) is 46.9 Å². The van der Waals surface area contributed by atoms with E-state index in [1.165, 1.54) is 0 Å². The first-order chi connectivity index (χ1) is 14.1. The fraction of sp³-hybridized carbons (Fsp3) is 0.429. The molecule has 1 aromatic carbocycles. The summed E-state index contributed by atoms with van der Waals surface area (Å²) in [6, 6.07) is 13.1. The standard InChI is InChI=1S/C21H26N4O4/c1-28-14-18-7-8-19(29-18)20(26)22-11-17-13-25(16-9-10-24(17)12-16)21(27)23-15-5-3-2-4-6-15/h2-8,16-17H,9-14H2,1H3,(H,22,26)(H,23,27)/t16-,17-/m0/s1. The van der Waals surface area contributed by atoms with Gasteiger partial charge in [0.2, 0.25) is 0 Å². The highest BCUT2D eigenvalue weighted by Crippen LogP contribution is 2.25. The van der Waals surface area contributed by atoms with Gasteiger partial charge in [0.15, 0.2) is 5.76 Å². The molecule has 3 heterocycles. The molecule has 0 saturated carbocycles. The van der Waals surface area contributed by atoms with Crippen molar-refractivity contribution in [3.05, 3.63) is 54.0 Å². The van der Waals surface area contributed by atoms with E-state index in [0.717, 1.165) is 25.2 Å². The predicted molar refractivity (Wildman–Crippen MR) is 108 cm³/mol. The maximum Gasteiger partial charge on any atom is 0.322 e. The third-order valence-corrected chi connectivity index (χ3v) is 5.52. The molecule has 154 valence electrons. The molecule has 3 amide bonds. The van der Waals surface area contributed by atoms with Crippen LogP contribution in [0.4, 0.5) is 10.5 Å². The van der Waals surface area contributed by atoms with Crippen LogP contribution < -0.4 is 10.6 Å². The number of anilines is 1. The topological polar surface area (TPSA) is 87.0 Å². The Kier molecular flexibility index (Phi) is 5.82. The zero-order valence-corrected chi connectivity index (χ0v) is 16.5. The van der Waals surface area contributed by atoms with Crippen molar-refractivity contribution in [2.75, 3.05) is 38.6 Å². The summed E-state index contributed by atoms with van der Waals surface area (Å²) in [6.07, 6.45) is 0.950. The molecule has 0 spiro atoms. The first-order valence-corrected chi connectivity index (χ1v) is 9.86. The third kappa shape index (κ3) is 4.44.